The van der Waals surface area contributed by atoms with Gasteiger partial charge >= 0.3 is 6.18 Å². The summed E-state index contributed by atoms with van der Waals surface area (Å²) in [4.78, 5) is 4.15. The summed E-state index contributed by atoms with van der Waals surface area (Å²) >= 11 is 0. The van der Waals surface area contributed by atoms with Crippen LogP contribution in [-0.4, -0.2) is 57.7 Å². The van der Waals surface area contributed by atoms with E-state index in [1.807, 2.05) is 0 Å². The molecule has 0 amide bonds. The molecule has 0 aromatic heterocycles. The van der Waals surface area contributed by atoms with Gasteiger partial charge in [0.05, 0.1) is 12.0 Å². The average molecular weight is 365 g/mol. The van der Waals surface area contributed by atoms with E-state index in [4.69, 9.17) is 9.47 Å². The third kappa shape index (κ3) is 7.40. The molecule has 8 heteroatoms. The van der Waals surface area contributed by atoms with Gasteiger partial charge in [-0.25, -0.2) is 0 Å². The van der Waals surface area contributed by atoms with Crippen molar-refractivity contribution < 1.29 is 22.6 Å². The van der Waals surface area contributed by atoms with E-state index in [1.54, 1.807) is 7.05 Å². The Hall–Kier alpha value is -1.02. The predicted molar refractivity (Wildman–Crippen MR) is 90.7 cm³/mol. The molecule has 5 nitrogen and oxygen atoms in total. The zero-order chi connectivity index (χ0) is 18.1. The maximum atomic E-state index is 12.7. The van der Waals surface area contributed by atoms with E-state index in [0.29, 0.717) is 31.5 Å². The SMILES string of the molecule is CN=C(NCCCOC1CCOCC1)NC1CCC(C(F)(F)F)CC1. The zero-order valence-corrected chi connectivity index (χ0v) is 14.9. The van der Waals surface area contributed by atoms with Gasteiger partial charge in [-0.3, -0.25) is 4.99 Å². The maximum Gasteiger partial charge on any atom is 0.391 e. The lowest BCUT2D eigenvalue weighted by atomic mass is 9.85. The molecule has 0 bridgehead atoms. The van der Waals surface area contributed by atoms with Gasteiger partial charge in [0, 0.05) is 39.5 Å². The molecule has 2 rings (SSSR count). The van der Waals surface area contributed by atoms with Crippen LogP contribution < -0.4 is 10.6 Å². The summed E-state index contributed by atoms with van der Waals surface area (Å²) < 4.78 is 49.2. The molecular weight excluding hydrogens is 335 g/mol. The van der Waals surface area contributed by atoms with Crippen LogP contribution in [-0.2, 0) is 9.47 Å². The first-order valence-corrected chi connectivity index (χ1v) is 9.22. The summed E-state index contributed by atoms with van der Waals surface area (Å²) in [6.07, 6.45) is 0.446. The van der Waals surface area contributed by atoms with Crippen molar-refractivity contribution in [1.82, 2.24) is 10.6 Å². The highest BCUT2D eigenvalue weighted by Crippen LogP contribution is 2.37. The van der Waals surface area contributed by atoms with E-state index in [-0.39, 0.29) is 18.9 Å². The second-order valence-corrected chi connectivity index (χ2v) is 6.77. The fourth-order valence-corrected chi connectivity index (χ4v) is 3.32. The molecule has 0 atom stereocenters. The molecule has 1 aliphatic heterocycles. The Balaban J connectivity index is 1.56. The van der Waals surface area contributed by atoms with Gasteiger partial charge in [0.1, 0.15) is 0 Å². The van der Waals surface area contributed by atoms with Crippen LogP contribution in [0.5, 0.6) is 0 Å². The van der Waals surface area contributed by atoms with Crippen molar-refractivity contribution in [2.75, 3.05) is 33.4 Å². The summed E-state index contributed by atoms with van der Waals surface area (Å²) in [5, 5.41) is 6.44. The maximum absolute atomic E-state index is 12.7. The Morgan fingerprint density at radius 2 is 1.80 bits per heavy atom. The molecule has 2 aliphatic rings. The number of ether oxygens (including phenoxy) is 2. The lowest BCUT2D eigenvalue weighted by Crippen LogP contribution is -2.46. The summed E-state index contributed by atoms with van der Waals surface area (Å²) in [7, 11) is 1.68. The standard InChI is InChI=1S/C17H30F3N3O2/c1-21-16(22-9-2-10-25-15-7-11-24-12-8-15)23-14-5-3-13(4-6-14)17(18,19)20/h13-15H,2-12H2,1H3,(H2,21,22,23). The molecule has 1 saturated heterocycles. The fourth-order valence-electron chi connectivity index (χ4n) is 3.32. The molecule has 2 fully saturated rings. The number of aliphatic imine (C=N–C) groups is 1. The lowest BCUT2D eigenvalue weighted by molar-refractivity contribution is -0.182. The molecule has 2 N–H and O–H groups in total. The van der Waals surface area contributed by atoms with Gasteiger partial charge in [-0.2, -0.15) is 13.2 Å². The van der Waals surface area contributed by atoms with E-state index in [2.05, 4.69) is 15.6 Å². The molecule has 0 aromatic carbocycles. The largest absolute Gasteiger partial charge is 0.391 e. The van der Waals surface area contributed by atoms with Gasteiger partial charge < -0.3 is 20.1 Å². The third-order valence-electron chi connectivity index (χ3n) is 4.89. The molecule has 0 unspecified atom stereocenters. The van der Waals surface area contributed by atoms with Crippen LogP contribution in [0.2, 0.25) is 0 Å². The number of nitrogens with one attached hydrogen (secondary N) is 2. The number of rotatable bonds is 6. The first-order chi connectivity index (χ1) is 12.0. The Kier molecular flexibility index (Phi) is 8.29. The Morgan fingerprint density at radius 1 is 1.12 bits per heavy atom. The molecule has 0 radical (unpaired) electrons. The highest BCUT2D eigenvalue weighted by Gasteiger charge is 2.41. The van der Waals surface area contributed by atoms with Crippen LogP contribution in [0.25, 0.3) is 0 Å². The minimum Gasteiger partial charge on any atom is -0.381 e. The van der Waals surface area contributed by atoms with Crippen LogP contribution >= 0.6 is 0 Å². The summed E-state index contributed by atoms with van der Waals surface area (Å²) in [5.74, 6) is -0.496. The van der Waals surface area contributed by atoms with Crippen LogP contribution in [0.3, 0.4) is 0 Å². The first-order valence-electron chi connectivity index (χ1n) is 9.22. The van der Waals surface area contributed by atoms with Crippen LogP contribution in [0.15, 0.2) is 4.99 Å². The highest BCUT2D eigenvalue weighted by atomic mass is 19.4. The fraction of sp³-hybridized carbons (Fsp3) is 0.941. The summed E-state index contributed by atoms with van der Waals surface area (Å²) in [5.41, 5.74) is 0. The van der Waals surface area contributed by atoms with Crippen molar-refractivity contribution in [1.29, 1.82) is 0 Å². The monoisotopic (exact) mass is 365 g/mol. The molecule has 1 heterocycles. The highest BCUT2D eigenvalue weighted by molar-refractivity contribution is 5.79. The van der Waals surface area contributed by atoms with Crippen LogP contribution in [0.1, 0.15) is 44.9 Å². The van der Waals surface area contributed by atoms with Crippen molar-refractivity contribution in [3.05, 3.63) is 0 Å². The van der Waals surface area contributed by atoms with Crippen molar-refractivity contribution in [2.45, 2.75) is 63.3 Å². The molecular formula is C17H30F3N3O2. The predicted octanol–water partition coefficient (Wildman–Crippen LogP) is 2.86. The Labute approximate surface area is 147 Å². The number of hydrogen-bond donors (Lipinski definition) is 2. The van der Waals surface area contributed by atoms with E-state index in [0.717, 1.165) is 39.0 Å². The smallest absolute Gasteiger partial charge is 0.381 e. The van der Waals surface area contributed by atoms with Gasteiger partial charge in [0.25, 0.3) is 0 Å². The number of nitrogens with zero attached hydrogens (tertiary/aromatic N) is 1. The number of hydrogen-bond acceptors (Lipinski definition) is 3. The first kappa shape index (κ1) is 20.3. The van der Waals surface area contributed by atoms with Gasteiger partial charge in [-0.15, -0.1) is 0 Å². The molecule has 1 saturated carbocycles. The second-order valence-electron chi connectivity index (χ2n) is 6.77. The quantitative estimate of drug-likeness (QED) is 0.432. The van der Waals surface area contributed by atoms with E-state index >= 15 is 0 Å². The van der Waals surface area contributed by atoms with Crippen molar-refractivity contribution in [3.63, 3.8) is 0 Å². The van der Waals surface area contributed by atoms with E-state index in [1.165, 1.54) is 0 Å². The molecule has 0 aromatic rings. The van der Waals surface area contributed by atoms with Gasteiger partial charge in [0.2, 0.25) is 0 Å². The van der Waals surface area contributed by atoms with Crippen molar-refractivity contribution in [2.24, 2.45) is 10.9 Å². The Bertz CT molecular complexity index is 404. The van der Waals surface area contributed by atoms with Crippen molar-refractivity contribution >= 4 is 5.96 Å². The molecule has 25 heavy (non-hydrogen) atoms. The molecule has 1 aliphatic carbocycles. The molecule has 146 valence electrons. The normalized spacial score (nSPS) is 26.5. The molecule has 0 spiro atoms. The summed E-state index contributed by atoms with van der Waals surface area (Å²) in [6, 6.07) is 0.0586. The Morgan fingerprint density at radius 3 is 2.40 bits per heavy atom. The minimum atomic E-state index is -4.06. The number of halogens is 3. The van der Waals surface area contributed by atoms with E-state index < -0.39 is 12.1 Å². The lowest BCUT2D eigenvalue weighted by Gasteiger charge is -2.31. The minimum absolute atomic E-state index is 0.0586. The number of alkyl halides is 3. The van der Waals surface area contributed by atoms with Gasteiger partial charge in [-0.05, 0) is 44.9 Å². The van der Waals surface area contributed by atoms with E-state index in [9.17, 15) is 13.2 Å². The van der Waals surface area contributed by atoms with Crippen LogP contribution in [0, 0.1) is 5.92 Å². The number of guanidine groups is 1. The second kappa shape index (κ2) is 10.2. The van der Waals surface area contributed by atoms with Gasteiger partial charge in [-0.1, -0.05) is 0 Å². The average Bonchev–Trinajstić information content (AvgIpc) is 2.61. The topological polar surface area (TPSA) is 54.9 Å². The zero-order valence-electron chi connectivity index (χ0n) is 14.9. The summed E-state index contributed by atoms with van der Waals surface area (Å²) in [6.45, 7) is 2.96. The third-order valence-corrected chi connectivity index (χ3v) is 4.89. The van der Waals surface area contributed by atoms with Crippen molar-refractivity contribution in [3.8, 4) is 0 Å². The van der Waals surface area contributed by atoms with Crippen LogP contribution in [0.4, 0.5) is 13.2 Å². The van der Waals surface area contributed by atoms with Gasteiger partial charge in [0.15, 0.2) is 5.96 Å².